The first-order valence-corrected chi connectivity index (χ1v) is 7.21. The molecule has 0 fully saturated rings. The molecule has 0 saturated carbocycles. The van der Waals surface area contributed by atoms with E-state index in [-0.39, 0.29) is 12.6 Å². The molecule has 0 radical (unpaired) electrons. The van der Waals surface area contributed by atoms with Crippen molar-refractivity contribution in [1.82, 2.24) is 20.6 Å². The summed E-state index contributed by atoms with van der Waals surface area (Å²) in [6.07, 6.45) is 1.44. The van der Waals surface area contributed by atoms with E-state index < -0.39 is 23.2 Å². The number of aromatic amines is 2. The molecular formula is C14H14N6O5. The van der Waals surface area contributed by atoms with Gasteiger partial charge < -0.3 is 14.8 Å². The molecule has 1 unspecified atom stereocenters. The summed E-state index contributed by atoms with van der Waals surface area (Å²) >= 11 is 0. The number of fused-ring (bicyclic) bond motifs is 1. The van der Waals surface area contributed by atoms with Crippen molar-refractivity contribution in [2.75, 3.05) is 12.1 Å². The van der Waals surface area contributed by atoms with Crippen molar-refractivity contribution < 1.29 is 14.3 Å². The molecule has 1 aromatic carbocycles. The molecule has 1 aliphatic rings. The van der Waals surface area contributed by atoms with Crippen LogP contribution in [0.1, 0.15) is 12.5 Å². The lowest BCUT2D eigenvalue weighted by Crippen LogP contribution is -2.38. The van der Waals surface area contributed by atoms with Crippen molar-refractivity contribution >= 4 is 17.9 Å². The zero-order chi connectivity index (χ0) is 17.8. The third-order valence-corrected chi connectivity index (χ3v) is 3.24. The van der Waals surface area contributed by atoms with Crippen LogP contribution >= 0.6 is 0 Å². The summed E-state index contributed by atoms with van der Waals surface area (Å²) in [5.74, 6) is 0.581. The zero-order valence-electron chi connectivity index (χ0n) is 13.0. The monoisotopic (exact) mass is 346 g/mol. The fraction of sp³-hybridized carbons (Fsp3) is 0.214. The Hall–Kier alpha value is -3.63. The average molecular weight is 346 g/mol. The van der Waals surface area contributed by atoms with Gasteiger partial charge in [0.15, 0.2) is 11.5 Å². The molecule has 4 N–H and O–H groups in total. The van der Waals surface area contributed by atoms with Crippen molar-refractivity contribution in [1.29, 1.82) is 0 Å². The van der Waals surface area contributed by atoms with Crippen molar-refractivity contribution in [3.8, 4) is 11.5 Å². The molecule has 0 bridgehead atoms. The molecule has 1 aromatic heterocycles. The number of nitrogens with one attached hydrogen (secondary N) is 4. The highest BCUT2D eigenvalue weighted by atomic mass is 16.7. The number of carbonyl (C=O) groups excluding carboxylic acids is 1. The Morgan fingerprint density at radius 2 is 2.16 bits per heavy atom. The minimum Gasteiger partial charge on any atom is -0.454 e. The summed E-state index contributed by atoms with van der Waals surface area (Å²) in [5, 5.41) is 12.0. The summed E-state index contributed by atoms with van der Waals surface area (Å²) in [6, 6.07) is 4.41. The highest BCUT2D eigenvalue weighted by Crippen LogP contribution is 2.31. The van der Waals surface area contributed by atoms with Gasteiger partial charge in [-0.1, -0.05) is 0 Å². The van der Waals surface area contributed by atoms with Crippen LogP contribution in [-0.4, -0.2) is 40.1 Å². The molecule has 2 heterocycles. The summed E-state index contributed by atoms with van der Waals surface area (Å²) in [7, 11) is 0. The molecule has 3 rings (SSSR count). The second kappa shape index (κ2) is 6.86. The third kappa shape index (κ3) is 3.83. The van der Waals surface area contributed by atoms with Gasteiger partial charge in [-0.15, -0.1) is 5.10 Å². The highest BCUT2D eigenvalue weighted by Gasteiger charge is 2.15. The van der Waals surface area contributed by atoms with E-state index in [0.717, 1.165) is 0 Å². The molecule has 1 aliphatic heterocycles. The lowest BCUT2D eigenvalue weighted by molar-refractivity contribution is -0.121. The Morgan fingerprint density at radius 3 is 2.96 bits per heavy atom. The van der Waals surface area contributed by atoms with Gasteiger partial charge in [0.25, 0.3) is 11.5 Å². The lowest BCUT2D eigenvalue weighted by atomic mass is 10.2. The first-order chi connectivity index (χ1) is 12.0. The smallest absolute Gasteiger partial charge is 0.342 e. The predicted molar refractivity (Wildman–Crippen MR) is 86.9 cm³/mol. The topological polar surface area (TPSA) is 151 Å². The third-order valence-electron chi connectivity index (χ3n) is 3.24. The van der Waals surface area contributed by atoms with Gasteiger partial charge in [0.05, 0.1) is 6.21 Å². The van der Waals surface area contributed by atoms with Crippen LogP contribution in [0.15, 0.2) is 32.9 Å². The van der Waals surface area contributed by atoms with E-state index in [1.165, 1.54) is 13.1 Å². The summed E-state index contributed by atoms with van der Waals surface area (Å²) < 4.78 is 10.4. The number of rotatable bonds is 5. The second-order valence-electron chi connectivity index (χ2n) is 5.07. The molecule has 1 amide bonds. The van der Waals surface area contributed by atoms with Crippen LogP contribution < -0.4 is 31.5 Å². The SMILES string of the molecule is CC(Nc1n[nH]c(=O)[nH]c1=O)C(=O)N/N=C/c1ccc2c(c1)OCO2. The number of hydrazone groups is 1. The summed E-state index contributed by atoms with van der Waals surface area (Å²) in [5.41, 5.74) is 1.58. The molecule has 0 aliphatic carbocycles. The Labute approximate surface area is 140 Å². The number of H-pyrrole nitrogens is 2. The Balaban J connectivity index is 1.58. The number of benzene rings is 1. The average Bonchev–Trinajstić information content (AvgIpc) is 3.05. The van der Waals surface area contributed by atoms with E-state index >= 15 is 0 Å². The first-order valence-electron chi connectivity index (χ1n) is 7.21. The molecule has 1 atom stereocenters. The maximum atomic E-state index is 12.0. The number of hydrogen-bond acceptors (Lipinski definition) is 8. The Kier molecular flexibility index (Phi) is 4.46. The molecule has 0 saturated heterocycles. The molecule has 2 aromatic rings. The summed E-state index contributed by atoms with van der Waals surface area (Å²) in [4.78, 5) is 36.4. The Bertz CT molecular complexity index is 934. The maximum absolute atomic E-state index is 12.0. The standard InChI is InChI=1S/C14H14N6O5/c1-7(16-11-13(22)17-14(23)20-18-11)12(21)19-15-5-8-2-3-9-10(4-8)25-6-24-9/h2-5,7H,6H2,1H3,(H,16,18)(H,19,21)(H2,17,20,22,23)/b15-5+. The number of ether oxygens (including phenoxy) is 2. The fourth-order valence-electron chi connectivity index (χ4n) is 1.98. The van der Waals surface area contributed by atoms with E-state index in [9.17, 15) is 14.4 Å². The van der Waals surface area contributed by atoms with Gasteiger partial charge in [-0.2, -0.15) is 5.10 Å². The van der Waals surface area contributed by atoms with Crippen LogP contribution in [0, 0.1) is 0 Å². The van der Waals surface area contributed by atoms with E-state index in [0.29, 0.717) is 17.1 Å². The van der Waals surface area contributed by atoms with Crippen LogP contribution in [0.2, 0.25) is 0 Å². The fourth-order valence-corrected chi connectivity index (χ4v) is 1.98. The van der Waals surface area contributed by atoms with Crippen LogP contribution in [-0.2, 0) is 4.79 Å². The molecule has 11 heteroatoms. The van der Waals surface area contributed by atoms with Gasteiger partial charge in [0.2, 0.25) is 12.6 Å². The van der Waals surface area contributed by atoms with E-state index in [2.05, 4.69) is 26.0 Å². The first kappa shape index (κ1) is 16.2. The summed E-state index contributed by atoms with van der Waals surface area (Å²) in [6.45, 7) is 1.69. The molecule has 25 heavy (non-hydrogen) atoms. The van der Waals surface area contributed by atoms with Crippen LogP contribution in [0.3, 0.4) is 0 Å². The molecular weight excluding hydrogens is 332 g/mol. The van der Waals surface area contributed by atoms with Crippen molar-refractivity contribution in [3.63, 3.8) is 0 Å². The number of nitrogens with zero attached hydrogens (tertiary/aromatic N) is 2. The Morgan fingerprint density at radius 1 is 1.36 bits per heavy atom. The van der Waals surface area contributed by atoms with Gasteiger partial charge in [-0.25, -0.2) is 15.3 Å². The molecule has 130 valence electrons. The van der Waals surface area contributed by atoms with Crippen LogP contribution in [0.4, 0.5) is 5.82 Å². The molecule has 0 spiro atoms. The van der Waals surface area contributed by atoms with Crippen molar-refractivity contribution in [2.45, 2.75) is 13.0 Å². The minimum atomic E-state index is -0.812. The number of amides is 1. The zero-order valence-corrected chi connectivity index (χ0v) is 13.0. The van der Waals surface area contributed by atoms with Crippen molar-refractivity contribution in [3.05, 3.63) is 44.6 Å². The maximum Gasteiger partial charge on any atom is 0.342 e. The highest BCUT2D eigenvalue weighted by molar-refractivity contribution is 5.86. The number of aromatic nitrogens is 3. The van der Waals surface area contributed by atoms with Gasteiger partial charge in [-0.05, 0) is 30.7 Å². The number of anilines is 1. The van der Waals surface area contributed by atoms with Crippen LogP contribution in [0.25, 0.3) is 0 Å². The number of hydrogen-bond donors (Lipinski definition) is 4. The van der Waals surface area contributed by atoms with Gasteiger partial charge >= 0.3 is 5.69 Å². The normalized spacial score (nSPS) is 13.6. The van der Waals surface area contributed by atoms with E-state index in [1.54, 1.807) is 18.2 Å². The lowest BCUT2D eigenvalue weighted by Gasteiger charge is -2.11. The van der Waals surface area contributed by atoms with E-state index in [1.807, 2.05) is 4.98 Å². The quantitative estimate of drug-likeness (QED) is 0.406. The van der Waals surface area contributed by atoms with Crippen LogP contribution in [0.5, 0.6) is 11.5 Å². The largest absolute Gasteiger partial charge is 0.454 e. The predicted octanol–water partition coefficient (Wildman–Crippen LogP) is -0.862. The van der Waals surface area contributed by atoms with Gasteiger partial charge in [0.1, 0.15) is 6.04 Å². The second-order valence-corrected chi connectivity index (χ2v) is 5.07. The number of carbonyl (C=O) groups is 1. The van der Waals surface area contributed by atoms with Crippen molar-refractivity contribution in [2.24, 2.45) is 5.10 Å². The molecule has 11 nitrogen and oxygen atoms in total. The van der Waals surface area contributed by atoms with Gasteiger partial charge in [-0.3, -0.25) is 14.6 Å². The minimum absolute atomic E-state index is 0.174. The van der Waals surface area contributed by atoms with E-state index in [4.69, 9.17) is 9.47 Å². The van der Waals surface area contributed by atoms with Gasteiger partial charge in [0, 0.05) is 0 Å².